The molecule has 0 spiro atoms. The molecule has 4 heterocycles. The molecule has 3 aromatic rings. The van der Waals surface area contributed by atoms with E-state index in [1.165, 1.54) is 44.9 Å². The zero-order valence-electron chi connectivity index (χ0n) is 21.3. The van der Waals surface area contributed by atoms with Crippen LogP contribution in [0.1, 0.15) is 11.6 Å². The lowest BCUT2D eigenvalue weighted by molar-refractivity contribution is -0.151. The maximum Gasteiger partial charge on any atom is 0.352 e. The van der Waals surface area contributed by atoms with E-state index in [4.69, 9.17) is 0 Å². The van der Waals surface area contributed by atoms with Crippen LogP contribution in [0.3, 0.4) is 0 Å². The van der Waals surface area contributed by atoms with Crippen molar-refractivity contribution in [2.45, 2.75) is 27.0 Å². The highest BCUT2D eigenvalue weighted by Crippen LogP contribution is 2.41. The van der Waals surface area contributed by atoms with Crippen molar-refractivity contribution in [1.82, 2.24) is 45.5 Å². The zero-order valence-corrected chi connectivity index (χ0v) is 24.6. The third-order valence-electron chi connectivity index (χ3n) is 6.06. The van der Waals surface area contributed by atoms with Gasteiger partial charge in [0.2, 0.25) is 11.1 Å². The van der Waals surface area contributed by atoms with Crippen molar-refractivity contribution in [2.75, 3.05) is 17.8 Å². The van der Waals surface area contributed by atoms with E-state index < -0.39 is 46.1 Å². The summed E-state index contributed by atoms with van der Waals surface area (Å²) in [7, 11) is 1.66. The second-order valence-corrected chi connectivity index (χ2v) is 12.6. The predicted octanol–water partition coefficient (Wildman–Crippen LogP) is 0.380. The molecule has 0 radical (unpaired) electrons. The number of aryl methyl sites for hydroxylation is 1. The first-order chi connectivity index (χ1) is 19.7. The van der Waals surface area contributed by atoms with Crippen LogP contribution in [0.25, 0.3) is 0 Å². The molecule has 214 valence electrons. The summed E-state index contributed by atoms with van der Waals surface area (Å²) in [6.07, 6.45) is 1.71. The van der Waals surface area contributed by atoms with Gasteiger partial charge in [-0.2, -0.15) is 0 Å². The number of nitrogens with one attached hydrogen (secondary N) is 2. The van der Waals surface area contributed by atoms with Crippen molar-refractivity contribution in [3.63, 3.8) is 0 Å². The first kappa shape index (κ1) is 28.8. The molecule has 0 bridgehead atoms. The molecule has 1 fully saturated rings. The van der Waals surface area contributed by atoms with Crippen molar-refractivity contribution in [3.05, 3.63) is 56.8 Å². The first-order valence-electron chi connectivity index (χ1n) is 11.7. The number of carboxylic acids is 1. The van der Waals surface area contributed by atoms with E-state index >= 15 is 0 Å². The van der Waals surface area contributed by atoms with E-state index in [0.29, 0.717) is 31.1 Å². The van der Waals surface area contributed by atoms with Crippen molar-refractivity contribution in [3.8, 4) is 0 Å². The molecule has 15 nitrogen and oxygen atoms in total. The van der Waals surface area contributed by atoms with Crippen molar-refractivity contribution >= 4 is 70.4 Å². The van der Waals surface area contributed by atoms with Crippen LogP contribution in [-0.2, 0) is 21.4 Å². The Hall–Kier alpha value is -3.68. The van der Waals surface area contributed by atoms with Crippen LogP contribution in [0.5, 0.6) is 0 Å². The third kappa shape index (κ3) is 5.74. The maximum atomic E-state index is 13.5. The van der Waals surface area contributed by atoms with Crippen LogP contribution in [0.2, 0.25) is 0 Å². The summed E-state index contributed by atoms with van der Waals surface area (Å²) in [6.45, 7) is 0. The molecule has 41 heavy (non-hydrogen) atoms. The number of aliphatic carboxylic acids is 1. The quantitative estimate of drug-likeness (QED) is 0.216. The van der Waals surface area contributed by atoms with Gasteiger partial charge in [-0.15, -0.1) is 26.6 Å². The molecular weight excluding hydrogens is 615 g/mol. The number of thioether (sulfide) groups is 3. The van der Waals surface area contributed by atoms with Crippen LogP contribution in [0, 0.1) is 0 Å². The number of hydrogen-bond acceptors (Lipinski definition) is 13. The number of carboxylic acid groups (broad SMARTS) is 1. The highest BCUT2D eigenvalue weighted by Gasteiger charge is 2.54. The third-order valence-corrected chi connectivity index (χ3v) is 10.3. The van der Waals surface area contributed by atoms with Crippen LogP contribution >= 0.6 is 46.6 Å². The normalized spacial score (nSPS) is 18.9. The van der Waals surface area contributed by atoms with Gasteiger partial charge in [0, 0.05) is 18.6 Å². The molecule has 2 unspecified atom stereocenters. The number of fused-ring (bicyclic) bond motifs is 1. The molecule has 1 saturated heterocycles. The number of β-lactam (4-membered cyclic amide) rings is 1. The fourth-order valence-electron chi connectivity index (χ4n) is 4.13. The van der Waals surface area contributed by atoms with E-state index in [-0.39, 0.29) is 11.4 Å². The largest absolute Gasteiger partial charge is 0.477 e. The van der Waals surface area contributed by atoms with Gasteiger partial charge in [0.15, 0.2) is 4.34 Å². The summed E-state index contributed by atoms with van der Waals surface area (Å²) in [4.78, 5) is 64.5. The monoisotopic (exact) mass is 635 g/mol. The molecule has 3 N–H and O–H groups in total. The highest BCUT2D eigenvalue weighted by molar-refractivity contribution is 8.01. The van der Waals surface area contributed by atoms with E-state index in [1.54, 1.807) is 43.6 Å². The SMILES string of the molecule is CSc1nn(C(=O)NC(C(=O)NC2C(=O)N3C(C(=O)O)=C(CSc4nnnn4C)CS[C@@H]23)c2ccccc2)c(=O)s1. The Kier molecular flexibility index (Phi) is 8.47. The summed E-state index contributed by atoms with van der Waals surface area (Å²) >= 11 is 4.56. The summed E-state index contributed by atoms with van der Waals surface area (Å²) in [5.74, 6) is -1.98. The van der Waals surface area contributed by atoms with Crippen LogP contribution in [0.15, 0.2) is 55.9 Å². The molecule has 19 heteroatoms. The summed E-state index contributed by atoms with van der Waals surface area (Å²) in [6, 6.07) is 5.15. The van der Waals surface area contributed by atoms with Crippen LogP contribution in [-0.4, -0.2) is 93.0 Å². The average Bonchev–Trinajstić information content (AvgIpc) is 3.57. The second kappa shape index (κ2) is 12.0. The molecule has 2 aromatic heterocycles. The van der Waals surface area contributed by atoms with E-state index in [2.05, 4.69) is 31.3 Å². The topological polar surface area (TPSA) is 194 Å². The van der Waals surface area contributed by atoms with Gasteiger partial charge in [-0.3, -0.25) is 19.3 Å². The smallest absolute Gasteiger partial charge is 0.352 e. The fourth-order valence-corrected chi connectivity index (χ4v) is 7.66. The van der Waals surface area contributed by atoms with Gasteiger partial charge in [0.25, 0.3) is 5.91 Å². The molecule has 3 amide bonds. The second-order valence-electron chi connectivity index (χ2n) is 8.57. The fraction of sp³-hybridized carbons (Fsp3) is 0.318. The van der Waals surface area contributed by atoms with Gasteiger partial charge in [-0.25, -0.2) is 14.3 Å². The zero-order chi connectivity index (χ0) is 29.3. The molecule has 2 aliphatic rings. The standard InChI is InChI=1S/C22H21N9O6S4/c1-29-20(25-27-28-29)40-9-11-8-39-17-13(16(33)30(17)14(11)18(34)35)23-15(32)12(10-6-4-3-5-7-10)24-19(36)31-22(37)41-21(26-31)38-2/h3-7,12-13,17H,8-9H2,1-2H3,(H,23,32)(H,24,36)(H,34,35)/t12?,13?,17-/m0/s1. The Morgan fingerprint density at radius 3 is 2.61 bits per heavy atom. The van der Waals surface area contributed by atoms with E-state index in [0.717, 1.165) is 11.3 Å². The van der Waals surface area contributed by atoms with E-state index in [9.17, 15) is 29.1 Å². The Balaban J connectivity index is 1.33. The number of carbonyl (C=O) groups excluding carboxylic acids is 3. The van der Waals surface area contributed by atoms with Gasteiger partial charge in [0.05, 0.1) is 0 Å². The molecular formula is C22H21N9O6S4. The number of benzene rings is 1. The molecule has 0 saturated carbocycles. The molecule has 1 aromatic carbocycles. The van der Waals surface area contributed by atoms with E-state index in [1.807, 2.05) is 0 Å². The molecule has 0 aliphatic carbocycles. The number of aromatic nitrogens is 6. The summed E-state index contributed by atoms with van der Waals surface area (Å²) in [5, 5.41) is 30.1. The van der Waals surface area contributed by atoms with Gasteiger partial charge < -0.3 is 15.7 Å². The lowest BCUT2D eigenvalue weighted by atomic mass is 10.0. The Labute approximate surface area is 248 Å². The number of amides is 3. The maximum absolute atomic E-state index is 13.5. The lowest BCUT2D eigenvalue weighted by Gasteiger charge is -2.49. The Morgan fingerprint density at radius 1 is 1.22 bits per heavy atom. The number of rotatable bonds is 9. The molecule has 2 aliphatic heterocycles. The minimum absolute atomic E-state index is 0.132. The number of carbonyl (C=O) groups is 4. The van der Waals surface area contributed by atoms with Crippen molar-refractivity contribution in [1.29, 1.82) is 0 Å². The van der Waals surface area contributed by atoms with Crippen molar-refractivity contribution < 1.29 is 24.3 Å². The molecule has 3 atom stereocenters. The highest BCUT2D eigenvalue weighted by atomic mass is 32.2. The van der Waals surface area contributed by atoms with Gasteiger partial charge in [-0.1, -0.05) is 53.9 Å². The van der Waals surface area contributed by atoms with Crippen molar-refractivity contribution in [2.24, 2.45) is 7.05 Å². The Bertz CT molecular complexity index is 1600. The minimum Gasteiger partial charge on any atom is -0.477 e. The predicted molar refractivity (Wildman–Crippen MR) is 150 cm³/mol. The lowest BCUT2D eigenvalue weighted by Crippen LogP contribution is -2.71. The Morgan fingerprint density at radius 2 is 1.98 bits per heavy atom. The minimum atomic E-state index is -1.26. The van der Waals surface area contributed by atoms with Gasteiger partial charge >= 0.3 is 16.9 Å². The van der Waals surface area contributed by atoms with Crippen LogP contribution < -0.4 is 15.5 Å². The molecule has 5 rings (SSSR count). The number of hydrogen-bond donors (Lipinski definition) is 3. The summed E-state index contributed by atoms with van der Waals surface area (Å²) < 4.78 is 2.49. The van der Waals surface area contributed by atoms with Crippen LogP contribution in [0.4, 0.5) is 4.79 Å². The number of nitrogens with zero attached hydrogens (tertiary/aromatic N) is 7. The number of tetrazole rings is 1. The average molecular weight is 636 g/mol. The summed E-state index contributed by atoms with van der Waals surface area (Å²) in [5.41, 5.74) is 0.806. The first-order valence-corrected chi connectivity index (χ1v) is 15.8. The van der Waals surface area contributed by atoms with Gasteiger partial charge in [-0.05, 0) is 39.2 Å². The van der Waals surface area contributed by atoms with Gasteiger partial charge in [0.1, 0.15) is 23.2 Å².